The third kappa shape index (κ3) is 6.54. The zero-order valence-corrected chi connectivity index (χ0v) is 18.0. The molecule has 1 aromatic rings. The zero-order valence-electron chi connectivity index (χ0n) is 16.5. The van der Waals surface area contributed by atoms with Gasteiger partial charge in [0.15, 0.2) is 5.78 Å². The molecule has 3 atom stereocenters. The highest BCUT2D eigenvalue weighted by Crippen LogP contribution is 2.31. The standard InChI is InChI=1S/C22H26Cl2N2O3/c1-15(23)13-26(14-16(2)24)22(25)11-10-18(21(28)29)19(12-22)20(27)9-8-17-6-4-3-5-7-17/h3-11,15-16H,12-14,25H2,1-2H3,(H,28,29). The number of halogens is 2. The average molecular weight is 437 g/mol. The van der Waals surface area contributed by atoms with Gasteiger partial charge in [-0.15, -0.1) is 23.2 Å². The smallest absolute Gasteiger partial charge is 0.336 e. The molecule has 0 saturated carbocycles. The molecule has 0 radical (unpaired) electrons. The molecule has 0 fully saturated rings. The first kappa shape index (κ1) is 23.4. The van der Waals surface area contributed by atoms with Crippen LogP contribution in [0.1, 0.15) is 25.8 Å². The molecule has 5 nitrogen and oxygen atoms in total. The van der Waals surface area contributed by atoms with E-state index in [9.17, 15) is 14.7 Å². The summed E-state index contributed by atoms with van der Waals surface area (Å²) >= 11 is 12.4. The van der Waals surface area contributed by atoms with Crippen LogP contribution in [0.5, 0.6) is 0 Å². The van der Waals surface area contributed by atoms with Crippen molar-refractivity contribution >= 4 is 41.0 Å². The van der Waals surface area contributed by atoms with Crippen molar-refractivity contribution in [2.75, 3.05) is 13.1 Å². The number of alkyl halides is 2. The van der Waals surface area contributed by atoms with E-state index in [1.54, 1.807) is 12.2 Å². The van der Waals surface area contributed by atoms with Gasteiger partial charge < -0.3 is 10.8 Å². The molecule has 3 unspecified atom stereocenters. The molecule has 0 saturated heterocycles. The summed E-state index contributed by atoms with van der Waals surface area (Å²) < 4.78 is 0. The summed E-state index contributed by atoms with van der Waals surface area (Å²) in [7, 11) is 0. The van der Waals surface area contributed by atoms with Crippen LogP contribution in [0, 0.1) is 0 Å². The summed E-state index contributed by atoms with van der Waals surface area (Å²) in [6.07, 6.45) is 6.11. The maximum Gasteiger partial charge on any atom is 0.336 e. The van der Waals surface area contributed by atoms with Crippen LogP contribution in [0.2, 0.25) is 0 Å². The normalized spacial score (nSPS) is 21.6. The average Bonchev–Trinajstić information content (AvgIpc) is 2.65. The second kappa shape index (κ2) is 10.2. The monoisotopic (exact) mass is 436 g/mol. The van der Waals surface area contributed by atoms with Gasteiger partial charge in [-0.1, -0.05) is 36.4 Å². The van der Waals surface area contributed by atoms with Gasteiger partial charge in [0.25, 0.3) is 0 Å². The first-order valence-electron chi connectivity index (χ1n) is 9.37. The molecule has 156 valence electrons. The molecule has 1 aliphatic carbocycles. The van der Waals surface area contributed by atoms with Crippen molar-refractivity contribution < 1.29 is 14.7 Å². The lowest BCUT2D eigenvalue weighted by atomic mass is 9.86. The van der Waals surface area contributed by atoms with E-state index in [1.807, 2.05) is 49.1 Å². The van der Waals surface area contributed by atoms with Crippen molar-refractivity contribution in [3.8, 4) is 0 Å². The number of carboxylic acid groups (broad SMARTS) is 1. The fourth-order valence-electron chi connectivity index (χ4n) is 3.26. The third-order valence-electron chi connectivity index (χ3n) is 4.61. The lowest BCUT2D eigenvalue weighted by molar-refractivity contribution is -0.132. The Morgan fingerprint density at radius 3 is 2.31 bits per heavy atom. The quantitative estimate of drug-likeness (QED) is 0.349. The Morgan fingerprint density at radius 2 is 1.79 bits per heavy atom. The Kier molecular flexibility index (Phi) is 8.23. The Balaban J connectivity index is 2.34. The number of benzene rings is 1. The second-order valence-electron chi connectivity index (χ2n) is 7.27. The summed E-state index contributed by atoms with van der Waals surface area (Å²) in [6, 6.07) is 9.31. The van der Waals surface area contributed by atoms with Crippen molar-refractivity contribution in [2.24, 2.45) is 5.73 Å². The molecule has 1 aromatic carbocycles. The van der Waals surface area contributed by atoms with E-state index in [1.165, 1.54) is 12.2 Å². The Morgan fingerprint density at radius 1 is 1.21 bits per heavy atom. The number of carbonyl (C=O) groups is 2. The van der Waals surface area contributed by atoms with Gasteiger partial charge in [0.1, 0.15) is 0 Å². The molecule has 2 rings (SSSR count). The van der Waals surface area contributed by atoms with E-state index in [0.29, 0.717) is 13.1 Å². The fraction of sp³-hybridized carbons (Fsp3) is 0.364. The number of nitrogens with zero attached hydrogens (tertiary/aromatic N) is 1. The minimum absolute atomic E-state index is 0.0495. The highest BCUT2D eigenvalue weighted by molar-refractivity contribution is 6.21. The van der Waals surface area contributed by atoms with E-state index in [4.69, 9.17) is 28.9 Å². The predicted octanol–water partition coefficient (Wildman–Crippen LogP) is 3.82. The van der Waals surface area contributed by atoms with E-state index in [0.717, 1.165) is 5.56 Å². The topological polar surface area (TPSA) is 83.6 Å². The van der Waals surface area contributed by atoms with Crippen molar-refractivity contribution in [1.82, 2.24) is 4.90 Å². The van der Waals surface area contributed by atoms with Crippen LogP contribution in [-0.4, -0.2) is 51.3 Å². The number of allylic oxidation sites excluding steroid dienone is 1. The maximum atomic E-state index is 12.9. The fourth-order valence-corrected chi connectivity index (χ4v) is 3.59. The van der Waals surface area contributed by atoms with E-state index < -0.39 is 11.6 Å². The molecule has 0 spiro atoms. The first-order valence-corrected chi connectivity index (χ1v) is 10.2. The third-order valence-corrected chi connectivity index (χ3v) is 4.89. The highest BCUT2D eigenvalue weighted by atomic mass is 35.5. The molecule has 0 bridgehead atoms. The molecule has 0 aliphatic heterocycles. The number of aliphatic carboxylic acids is 1. The SMILES string of the molecule is CC(Cl)CN(CC(C)Cl)C1(N)C=CC(C(=O)O)=C(C(=O)C=Cc2ccccc2)C1. The number of ketones is 1. The Bertz CT molecular complexity index is 822. The van der Waals surface area contributed by atoms with Gasteiger partial charge in [0.2, 0.25) is 0 Å². The van der Waals surface area contributed by atoms with E-state index >= 15 is 0 Å². The molecular formula is C22H26Cl2N2O3. The number of carbonyl (C=O) groups excluding carboxylic acids is 1. The molecule has 1 aliphatic rings. The zero-order chi connectivity index (χ0) is 21.6. The summed E-state index contributed by atoms with van der Waals surface area (Å²) in [4.78, 5) is 26.5. The van der Waals surface area contributed by atoms with Gasteiger partial charge >= 0.3 is 5.97 Å². The van der Waals surface area contributed by atoms with Crippen molar-refractivity contribution in [3.05, 3.63) is 65.3 Å². The first-order chi connectivity index (χ1) is 13.6. The molecule has 7 heteroatoms. The van der Waals surface area contributed by atoms with Crippen LogP contribution in [0.3, 0.4) is 0 Å². The van der Waals surface area contributed by atoms with Gasteiger partial charge in [0, 0.05) is 35.8 Å². The summed E-state index contributed by atoms with van der Waals surface area (Å²) in [5, 5.41) is 9.17. The lowest BCUT2D eigenvalue weighted by Crippen LogP contribution is -2.58. The van der Waals surface area contributed by atoms with Crippen LogP contribution < -0.4 is 5.73 Å². The number of rotatable bonds is 9. The van der Waals surface area contributed by atoms with Crippen molar-refractivity contribution in [1.29, 1.82) is 0 Å². The van der Waals surface area contributed by atoms with Gasteiger partial charge in [-0.2, -0.15) is 0 Å². The van der Waals surface area contributed by atoms with Gasteiger partial charge in [-0.05, 0) is 37.6 Å². The molecule has 0 aromatic heterocycles. The highest BCUT2D eigenvalue weighted by Gasteiger charge is 2.37. The second-order valence-corrected chi connectivity index (χ2v) is 8.76. The van der Waals surface area contributed by atoms with Gasteiger partial charge in [-0.3, -0.25) is 9.69 Å². The van der Waals surface area contributed by atoms with Crippen LogP contribution in [0.4, 0.5) is 0 Å². The van der Waals surface area contributed by atoms with E-state index in [2.05, 4.69) is 0 Å². The summed E-state index contributed by atoms with van der Waals surface area (Å²) in [5.41, 5.74) is 6.51. The molecule has 29 heavy (non-hydrogen) atoms. The number of hydrogen-bond donors (Lipinski definition) is 2. The van der Waals surface area contributed by atoms with Crippen LogP contribution in [-0.2, 0) is 9.59 Å². The minimum atomic E-state index is -1.16. The van der Waals surface area contributed by atoms with E-state index in [-0.39, 0.29) is 34.1 Å². The molecule has 3 N–H and O–H groups in total. The maximum absolute atomic E-state index is 12.9. The molecular weight excluding hydrogens is 411 g/mol. The van der Waals surface area contributed by atoms with Gasteiger partial charge in [0.05, 0.1) is 11.2 Å². The van der Waals surface area contributed by atoms with Crippen molar-refractivity contribution in [2.45, 2.75) is 36.7 Å². The van der Waals surface area contributed by atoms with Gasteiger partial charge in [-0.25, -0.2) is 4.79 Å². The lowest BCUT2D eigenvalue weighted by Gasteiger charge is -2.42. The molecule has 0 heterocycles. The molecule has 0 amide bonds. The van der Waals surface area contributed by atoms with Crippen LogP contribution in [0.15, 0.2) is 59.7 Å². The van der Waals surface area contributed by atoms with Crippen LogP contribution in [0.25, 0.3) is 6.08 Å². The largest absolute Gasteiger partial charge is 0.478 e. The number of hydrogen-bond acceptors (Lipinski definition) is 4. The summed E-state index contributed by atoms with van der Waals surface area (Å²) in [6.45, 7) is 4.58. The Hall–Kier alpha value is -1.92. The van der Waals surface area contributed by atoms with Crippen LogP contribution >= 0.6 is 23.2 Å². The minimum Gasteiger partial charge on any atom is -0.478 e. The number of carboxylic acids is 1. The predicted molar refractivity (Wildman–Crippen MR) is 118 cm³/mol. The van der Waals surface area contributed by atoms with Crippen molar-refractivity contribution in [3.63, 3.8) is 0 Å². The Labute approximate surface area is 181 Å². The number of nitrogens with two attached hydrogens (primary N) is 1. The summed E-state index contributed by atoms with van der Waals surface area (Å²) in [5.74, 6) is -1.55.